The van der Waals surface area contributed by atoms with Crippen LogP contribution >= 0.6 is 94.4 Å². The molecule has 12 nitrogen and oxygen atoms in total. The van der Waals surface area contributed by atoms with E-state index in [-0.39, 0.29) is 111 Å². The molecule has 5 heterocycles. The molecule has 5 aliphatic rings. The van der Waals surface area contributed by atoms with Gasteiger partial charge < -0.3 is 46.6 Å². The summed E-state index contributed by atoms with van der Waals surface area (Å²) in [5.74, 6) is -1.43. The molecule has 3 radical (unpaired) electrons. The number of benzene rings is 6. The van der Waals surface area contributed by atoms with Crippen molar-refractivity contribution in [2.75, 3.05) is 33.7 Å². The number of rotatable bonds is 9. The predicted molar refractivity (Wildman–Crippen MR) is 313 cm³/mol. The third-order valence-electron chi connectivity index (χ3n) is 12.4. The smallest absolute Gasteiger partial charge is 1.00 e. The molecule has 6 aromatic rings. The molecular weight excluding hydrogens is 1180 g/mol. The van der Waals surface area contributed by atoms with Gasteiger partial charge in [0.2, 0.25) is 0 Å². The fourth-order valence-corrected chi connectivity index (χ4v) is 9.97. The second-order valence-electron chi connectivity index (χ2n) is 17.0. The summed E-state index contributed by atoms with van der Waals surface area (Å²) in [6.45, 7) is 7.24. The van der Waals surface area contributed by atoms with Gasteiger partial charge >= 0.3 is 41.5 Å². The Morgan fingerprint density at radius 2 is 0.949 bits per heavy atom. The maximum Gasteiger partial charge on any atom is 1.00 e. The molecule has 0 aliphatic carbocycles. The van der Waals surface area contributed by atoms with Gasteiger partial charge in [-0.1, -0.05) is 144 Å². The minimum Gasteiger partial charge on any atom is -1.00 e. The number of fused-ring (bicyclic) bond motifs is 5. The van der Waals surface area contributed by atoms with Gasteiger partial charge in [0.1, 0.15) is 6.61 Å². The normalized spacial score (nSPS) is 16.9. The van der Waals surface area contributed by atoms with E-state index in [1.165, 1.54) is 40.5 Å². The van der Waals surface area contributed by atoms with E-state index in [4.69, 9.17) is 104 Å². The van der Waals surface area contributed by atoms with Crippen molar-refractivity contribution in [3.8, 4) is 0 Å². The summed E-state index contributed by atoms with van der Waals surface area (Å²) in [4.78, 5) is 31.9. The largest absolute Gasteiger partial charge is 1.00 e. The Balaban J connectivity index is 0.000000468. The Morgan fingerprint density at radius 3 is 1.32 bits per heavy atom. The van der Waals surface area contributed by atoms with Gasteiger partial charge in [-0.3, -0.25) is 4.79 Å². The summed E-state index contributed by atoms with van der Waals surface area (Å²) in [5.41, 5.74) is 16.3. The average molecular weight is 1240 g/mol. The van der Waals surface area contributed by atoms with Crippen molar-refractivity contribution < 1.29 is 74.2 Å². The van der Waals surface area contributed by atoms with Crippen LogP contribution in [0.1, 0.15) is 127 Å². The topological polar surface area (TPSA) is 168 Å². The van der Waals surface area contributed by atoms with E-state index in [0.29, 0.717) is 56.5 Å². The minimum atomic E-state index is -1.15. The molecule has 2 unspecified atom stereocenters. The summed E-state index contributed by atoms with van der Waals surface area (Å²) in [6, 6.07) is 33.3. The van der Waals surface area contributed by atoms with Crippen molar-refractivity contribution >= 4 is 121 Å². The predicted octanol–water partition coefficient (Wildman–Crippen LogP) is 11.3. The van der Waals surface area contributed by atoms with E-state index in [0.717, 1.165) is 73.8 Å². The Hall–Kier alpha value is -2.97. The summed E-state index contributed by atoms with van der Waals surface area (Å²) >= 11 is 35.5. The number of carboxylic acid groups (broad SMARTS) is 1. The van der Waals surface area contributed by atoms with Gasteiger partial charge in [0.25, 0.3) is 0 Å². The van der Waals surface area contributed by atoms with E-state index in [9.17, 15) is 14.4 Å². The Bertz CT molecular complexity index is 2770. The van der Waals surface area contributed by atoms with Gasteiger partial charge in [-0.25, -0.2) is 9.59 Å². The first-order valence-corrected chi connectivity index (χ1v) is 26.0. The molecule has 0 saturated carbocycles. The third kappa shape index (κ3) is 18.5. The quantitative estimate of drug-likeness (QED) is 0.0615. The zero-order valence-corrected chi connectivity index (χ0v) is 51.5. The molecule has 78 heavy (non-hydrogen) atoms. The van der Waals surface area contributed by atoms with E-state index in [2.05, 4.69) is 35.8 Å². The zero-order valence-electron chi connectivity index (χ0n) is 44.3. The van der Waals surface area contributed by atoms with E-state index in [1.807, 2.05) is 68.7 Å². The minimum absolute atomic E-state index is 0. The first-order valence-electron chi connectivity index (χ1n) is 23.7. The molecule has 0 saturated heterocycles. The van der Waals surface area contributed by atoms with Crippen molar-refractivity contribution in [1.29, 1.82) is 0 Å². The number of cyclic esters (lactones) is 1. The van der Waals surface area contributed by atoms with Crippen LogP contribution in [-0.4, -0.2) is 65.5 Å². The summed E-state index contributed by atoms with van der Waals surface area (Å²) in [7, 11) is 3.85. The third-order valence-corrected chi connectivity index (χ3v) is 14.5. The zero-order chi connectivity index (χ0) is 53.3. The van der Waals surface area contributed by atoms with Gasteiger partial charge in [-0.2, -0.15) is 0 Å². The number of carboxylic acids is 1. The maximum absolute atomic E-state index is 10.9. The molecule has 0 fully saturated rings. The fraction of sp³-hybridized carbons (Fsp3) is 0.304. The van der Waals surface area contributed by atoms with Crippen LogP contribution < -0.4 is 45.9 Å². The Kier molecular flexibility index (Phi) is 32.6. The number of aldehydes is 1. The van der Waals surface area contributed by atoms with Crippen LogP contribution in [0.3, 0.4) is 0 Å². The second kappa shape index (κ2) is 35.8. The van der Waals surface area contributed by atoms with Crippen molar-refractivity contribution in [1.82, 2.24) is 10.6 Å². The Morgan fingerprint density at radius 1 is 0.590 bits per heavy atom. The molecule has 5 aliphatic heterocycles. The van der Waals surface area contributed by atoms with Crippen LogP contribution in [0.15, 0.2) is 109 Å². The standard InChI is InChI=1S/C11H13ClO.2C10H12ClNO.C9H10ClNO.C8H5ClO3.C8H5ClO2.B.2ClH.Na.H/c1-2-4-11-8-5-3-6-10(12)9(8)7-13-11;2*1-12-5-10-7-3-2-4-9(11)8(7)6-13-10;10-8-3-1-2-6-7(8)5-12-9(6)4-11;9-7-3-1-2-5(8(11)12)6(7)4-10;9-7-3-1-2-5-6(7)4-11-8(5)10;;;;;/h3,5-6,11H,2,4,7H2,1H3;2*2-4,10,12H,5-6H2,1H3;1-3,9H,4-5,11H2;1-4H,(H,11,12);1-3H,4H2;;2*1H;;/q;;;;;;;;;+1;-1/t;2*10-;;;;;;;;/m.10......../s1. The number of carbonyl (C=O) groups excluding carboxylic acids is 2. The number of hydrogen-bond acceptors (Lipinski definition) is 11. The van der Waals surface area contributed by atoms with Gasteiger partial charge in [-0.05, 0) is 91.3 Å². The van der Waals surface area contributed by atoms with Crippen molar-refractivity contribution in [2.24, 2.45) is 5.73 Å². The summed E-state index contributed by atoms with van der Waals surface area (Å²) in [6.07, 6.45) is 3.32. The van der Waals surface area contributed by atoms with Crippen molar-refractivity contribution in [3.05, 3.63) is 206 Å². The number of likely N-dealkylation sites (N-methyl/N-ethyl adjacent to an activating group) is 2. The first-order chi connectivity index (χ1) is 35.8. The maximum atomic E-state index is 10.9. The van der Waals surface area contributed by atoms with Crippen LogP contribution in [0.25, 0.3) is 0 Å². The molecule has 5 N–H and O–H groups in total. The Labute approximate surface area is 524 Å². The number of esters is 1. The SMILES string of the molecule is CCCC1OCc2c(Cl)cccc21.CNC[C@@H]1OCc2c(Cl)cccc21.CNC[C@H]1OCc2c(Cl)cccc21.Cl.Cl.NCC1OCc2c(Cl)cccc21.O=C1OCc2c(Cl)cccc21.O=Cc1c(Cl)cccc1C(=O)O.[B].[H-].[Na+]. The molecule has 0 amide bonds. The summed E-state index contributed by atoms with van der Waals surface area (Å²) in [5, 5.41) is 18.8. The number of hydrogen-bond donors (Lipinski definition) is 4. The van der Waals surface area contributed by atoms with Crippen LogP contribution in [0.4, 0.5) is 0 Å². The average Bonchev–Trinajstić information content (AvgIpc) is 4.26. The number of nitrogens with one attached hydrogen (secondary N) is 2. The first kappa shape index (κ1) is 71.1. The van der Waals surface area contributed by atoms with E-state index >= 15 is 0 Å². The molecule has 413 valence electrons. The molecule has 6 aromatic carbocycles. The molecule has 0 aromatic heterocycles. The molecule has 4 atom stereocenters. The molecular formula is C56H60BCl8N3NaO9. The van der Waals surface area contributed by atoms with Crippen LogP contribution in [0, 0.1) is 0 Å². The van der Waals surface area contributed by atoms with Gasteiger partial charge in [-0.15, -0.1) is 24.8 Å². The van der Waals surface area contributed by atoms with Crippen LogP contribution in [0.5, 0.6) is 0 Å². The van der Waals surface area contributed by atoms with Crippen molar-refractivity contribution in [3.63, 3.8) is 0 Å². The number of ether oxygens (including phenoxy) is 5. The number of halogens is 8. The van der Waals surface area contributed by atoms with Gasteiger partial charge in [0, 0.05) is 86.5 Å². The number of carbonyl (C=O) groups is 3. The second-order valence-corrected chi connectivity index (χ2v) is 19.5. The molecule has 0 spiro atoms. The fourth-order valence-electron chi connectivity index (χ4n) is 8.57. The molecule has 22 heteroatoms. The molecule has 11 rings (SSSR count). The van der Waals surface area contributed by atoms with Gasteiger partial charge in [0.15, 0.2) is 6.29 Å². The van der Waals surface area contributed by atoms with Crippen LogP contribution in [-0.2, 0) is 56.7 Å². The molecule has 0 bridgehead atoms. The van der Waals surface area contributed by atoms with Crippen LogP contribution in [0.2, 0.25) is 30.1 Å². The van der Waals surface area contributed by atoms with E-state index < -0.39 is 5.97 Å². The summed E-state index contributed by atoms with van der Waals surface area (Å²) < 4.78 is 27.1. The number of nitrogens with two attached hydrogens (primary N) is 1. The van der Waals surface area contributed by atoms with Crippen molar-refractivity contribution in [2.45, 2.75) is 77.2 Å². The monoisotopic (exact) mass is 1230 g/mol. The van der Waals surface area contributed by atoms with Gasteiger partial charge in [0.05, 0.1) is 67.0 Å². The van der Waals surface area contributed by atoms with E-state index in [1.54, 1.807) is 18.2 Å². The number of aromatic carboxylic acids is 1.